The number of hydrogen-bond acceptors (Lipinski definition) is 2. The Hall–Kier alpha value is -1.84. The van der Waals surface area contributed by atoms with Crippen molar-refractivity contribution < 1.29 is 10.0 Å². The maximum atomic E-state index is 12.0. The highest BCUT2D eigenvalue weighted by molar-refractivity contribution is 6.30. The molecular weight excluding hydrogens is 250 g/mol. The summed E-state index contributed by atoms with van der Waals surface area (Å²) in [4.78, 5) is 12.0. The Labute approximate surface area is 110 Å². The maximum Gasteiger partial charge on any atom is 0.281 e. The number of halogens is 1. The molecule has 2 aromatic rings. The quantitative estimate of drug-likeness (QED) is 0.662. The molecule has 3 nitrogen and oxygen atoms in total. The van der Waals surface area contributed by atoms with Gasteiger partial charge < -0.3 is 0 Å². The summed E-state index contributed by atoms with van der Waals surface area (Å²) in [6, 6.07) is 13.4. The van der Waals surface area contributed by atoms with Gasteiger partial charge in [-0.2, -0.15) is 5.06 Å². The topological polar surface area (TPSA) is 40.5 Å². The van der Waals surface area contributed by atoms with Crippen LogP contribution in [0.5, 0.6) is 0 Å². The molecule has 0 unspecified atom stereocenters. The Morgan fingerprint density at radius 3 is 2.44 bits per heavy atom. The van der Waals surface area contributed by atoms with Crippen LogP contribution in [0, 0.1) is 6.92 Å². The highest BCUT2D eigenvalue weighted by Crippen LogP contribution is 2.17. The van der Waals surface area contributed by atoms with E-state index in [1.807, 2.05) is 13.0 Å². The van der Waals surface area contributed by atoms with Gasteiger partial charge in [-0.15, -0.1) is 0 Å². The molecule has 2 rings (SSSR count). The fourth-order valence-electron chi connectivity index (χ4n) is 1.59. The Morgan fingerprint density at radius 2 is 1.83 bits per heavy atom. The highest BCUT2D eigenvalue weighted by Gasteiger charge is 2.15. The Balaban J connectivity index is 2.26. The molecule has 0 aliphatic carbocycles. The van der Waals surface area contributed by atoms with Crippen LogP contribution in [0.3, 0.4) is 0 Å². The molecule has 0 aromatic heterocycles. The molecule has 0 atom stereocenters. The minimum atomic E-state index is -0.489. The molecule has 0 bridgehead atoms. The molecule has 1 amide bonds. The van der Waals surface area contributed by atoms with E-state index in [1.54, 1.807) is 42.5 Å². The van der Waals surface area contributed by atoms with Crippen molar-refractivity contribution in [2.45, 2.75) is 6.92 Å². The monoisotopic (exact) mass is 261 g/mol. The first-order chi connectivity index (χ1) is 8.58. The second-order valence-corrected chi connectivity index (χ2v) is 4.40. The summed E-state index contributed by atoms with van der Waals surface area (Å²) in [5.41, 5.74) is 1.79. The number of carbonyl (C=O) groups is 1. The summed E-state index contributed by atoms with van der Waals surface area (Å²) in [6.45, 7) is 1.89. The lowest BCUT2D eigenvalue weighted by Gasteiger charge is -2.15. The molecule has 4 heteroatoms. The van der Waals surface area contributed by atoms with E-state index in [0.29, 0.717) is 21.3 Å². The van der Waals surface area contributed by atoms with Crippen molar-refractivity contribution >= 4 is 23.2 Å². The number of amides is 1. The van der Waals surface area contributed by atoms with E-state index in [9.17, 15) is 10.0 Å². The lowest BCUT2D eigenvalue weighted by molar-refractivity contribution is 0.0855. The van der Waals surface area contributed by atoms with Gasteiger partial charge in [0.15, 0.2) is 0 Å². The van der Waals surface area contributed by atoms with Crippen molar-refractivity contribution in [1.82, 2.24) is 0 Å². The number of anilines is 1. The van der Waals surface area contributed by atoms with Gasteiger partial charge in [0.1, 0.15) is 0 Å². The normalized spacial score (nSPS) is 10.2. The first kappa shape index (κ1) is 12.6. The van der Waals surface area contributed by atoms with E-state index >= 15 is 0 Å². The summed E-state index contributed by atoms with van der Waals surface area (Å²) in [7, 11) is 0. The molecule has 92 valence electrons. The number of nitrogens with zero attached hydrogens (tertiary/aromatic N) is 1. The maximum absolute atomic E-state index is 12.0. The molecule has 0 saturated heterocycles. The first-order valence-corrected chi connectivity index (χ1v) is 5.81. The summed E-state index contributed by atoms with van der Waals surface area (Å²) in [5, 5.41) is 11.1. The standard InChI is InChI=1S/C14H12ClNO2/c1-10-3-2-4-13(9-10)16(18)14(17)11-5-7-12(15)8-6-11/h2-9,18H,1H3. The van der Waals surface area contributed by atoms with E-state index < -0.39 is 5.91 Å². The fraction of sp³-hybridized carbons (Fsp3) is 0.0714. The van der Waals surface area contributed by atoms with Gasteiger partial charge in [-0.3, -0.25) is 10.0 Å². The van der Waals surface area contributed by atoms with Crippen LogP contribution in [0.4, 0.5) is 5.69 Å². The number of benzene rings is 2. The van der Waals surface area contributed by atoms with Crippen molar-refractivity contribution in [3.63, 3.8) is 0 Å². The molecule has 0 spiro atoms. The Bertz CT molecular complexity index is 566. The van der Waals surface area contributed by atoms with Crippen LogP contribution in [-0.2, 0) is 0 Å². The zero-order chi connectivity index (χ0) is 13.1. The number of carbonyl (C=O) groups excluding carboxylic acids is 1. The molecule has 0 saturated carbocycles. The van der Waals surface area contributed by atoms with Gasteiger partial charge in [-0.05, 0) is 48.9 Å². The van der Waals surface area contributed by atoms with E-state index in [0.717, 1.165) is 5.56 Å². The molecule has 0 heterocycles. The van der Waals surface area contributed by atoms with Gasteiger partial charge in [-0.25, -0.2) is 0 Å². The number of aryl methyl sites for hydroxylation is 1. The summed E-state index contributed by atoms with van der Waals surface area (Å²) >= 11 is 5.75. The zero-order valence-corrected chi connectivity index (χ0v) is 10.6. The van der Waals surface area contributed by atoms with Crippen molar-refractivity contribution in [3.05, 3.63) is 64.7 Å². The second kappa shape index (κ2) is 5.21. The van der Waals surface area contributed by atoms with Gasteiger partial charge in [0.2, 0.25) is 0 Å². The van der Waals surface area contributed by atoms with Crippen molar-refractivity contribution in [2.75, 3.05) is 5.06 Å². The van der Waals surface area contributed by atoms with E-state index in [1.165, 1.54) is 0 Å². The predicted octanol–water partition coefficient (Wildman–Crippen LogP) is 3.68. The third-order valence-electron chi connectivity index (χ3n) is 2.53. The van der Waals surface area contributed by atoms with Gasteiger partial charge >= 0.3 is 0 Å². The van der Waals surface area contributed by atoms with E-state index in [4.69, 9.17) is 11.6 Å². The molecule has 18 heavy (non-hydrogen) atoms. The minimum Gasteiger partial charge on any atom is -0.281 e. The molecule has 0 fully saturated rings. The van der Waals surface area contributed by atoms with Crippen LogP contribution in [0.2, 0.25) is 5.02 Å². The van der Waals surface area contributed by atoms with Crippen LogP contribution < -0.4 is 5.06 Å². The van der Waals surface area contributed by atoms with Gasteiger partial charge in [0.25, 0.3) is 5.91 Å². The summed E-state index contributed by atoms with van der Waals surface area (Å²) in [5.74, 6) is -0.489. The van der Waals surface area contributed by atoms with Gasteiger partial charge in [0.05, 0.1) is 5.69 Å². The summed E-state index contributed by atoms with van der Waals surface area (Å²) in [6.07, 6.45) is 0. The van der Waals surface area contributed by atoms with Crippen LogP contribution in [0.15, 0.2) is 48.5 Å². The van der Waals surface area contributed by atoms with Crippen LogP contribution in [0.25, 0.3) is 0 Å². The van der Waals surface area contributed by atoms with Crippen molar-refractivity contribution in [3.8, 4) is 0 Å². The highest BCUT2D eigenvalue weighted by atomic mass is 35.5. The number of hydrogen-bond donors (Lipinski definition) is 1. The predicted molar refractivity (Wildman–Crippen MR) is 71.2 cm³/mol. The largest absolute Gasteiger partial charge is 0.281 e. The first-order valence-electron chi connectivity index (χ1n) is 5.43. The van der Waals surface area contributed by atoms with Crippen molar-refractivity contribution in [2.24, 2.45) is 0 Å². The van der Waals surface area contributed by atoms with Crippen LogP contribution >= 0.6 is 11.6 Å². The molecule has 0 aliphatic rings. The average molecular weight is 262 g/mol. The molecule has 0 aliphatic heterocycles. The third kappa shape index (κ3) is 2.70. The van der Waals surface area contributed by atoms with E-state index in [-0.39, 0.29) is 0 Å². The smallest absolute Gasteiger partial charge is 0.281 e. The summed E-state index contributed by atoms with van der Waals surface area (Å²) < 4.78 is 0. The molecular formula is C14H12ClNO2. The number of rotatable bonds is 2. The molecule has 2 aromatic carbocycles. The van der Waals surface area contributed by atoms with Gasteiger partial charge in [0, 0.05) is 10.6 Å². The second-order valence-electron chi connectivity index (χ2n) is 3.96. The SMILES string of the molecule is Cc1cccc(N(O)C(=O)c2ccc(Cl)cc2)c1. The minimum absolute atomic E-state index is 0.378. The van der Waals surface area contributed by atoms with Gasteiger partial charge in [-0.1, -0.05) is 23.7 Å². The molecule has 0 radical (unpaired) electrons. The fourth-order valence-corrected chi connectivity index (χ4v) is 1.72. The Kier molecular flexibility index (Phi) is 3.65. The lowest BCUT2D eigenvalue weighted by Crippen LogP contribution is -2.26. The lowest BCUT2D eigenvalue weighted by atomic mass is 10.2. The van der Waals surface area contributed by atoms with Crippen LogP contribution in [0.1, 0.15) is 15.9 Å². The third-order valence-corrected chi connectivity index (χ3v) is 2.78. The number of hydroxylamine groups is 1. The average Bonchev–Trinajstić information content (AvgIpc) is 2.38. The zero-order valence-electron chi connectivity index (χ0n) is 9.80. The molecule has 1 N–H and O–H groups in total. The Morgan fingerprint density at radius 1 is 1.17 bits per heavy atom. The van der Waals surface area contributed by atoms with Crippen LogP contribution in [-0.4, -0.2) is 11.1 Å². The van der Waals surface area contributed by atoms with Crippen molar-refractivity contribution in [1.29, 1.82) is 0 Å². The van der Waals surface area contributed by atoms with E-state index in [2.05, 4.69) is 0 Å².